The highest BCUT2D eigenvalue weighted by molar-refractivity contribution is 6.21. The third-order valence-corrected chi connectivity index (χ3v) is 6.99. The van der Waals surface area contributed by atoms with Gasteiger partial charge in [-0.1, -0.05) is 35.5 Å². The van der Waals surface area contributed by atoms with Gasteiger partial charge in [0.25, 0.3) is 0 Å². The zero-order chi connectivity index (χ0) is 22.1. The smallest absolute Gasteiger partial charge is 0.168 e. The number of rotatable bonds is 6. The first-order chi connectivity index (χ1) is 15.6. The molecule has 0 amide bonds. The minimum atomic E-state index is -0.136. The molecule has 1 aromatic carbocycles. The normalized spacial score (nSPS) is 21.2. The number of nitrogens with zero attached hydrogens (tertiary/aromatic N) is 2. The molecule has 2 aromatic rings. The Kier molecular flexibility index (Phi) is 5.77. The van der Waals surface area contributed by atoms with Crippen LogP contribution in [0.2, 0.25) is 0 Å². The first kappa shape index (κ1) is 20.9. The molecular formula is C26H28N2O4. The van der Waals surface area contributed by atoms with Crippen molar-refractivity contribution in [1.82, 2.24) is 10.1 Å². The number of aromatic nitrogens is 1. The van der Waals surface area contributed by atoms with Gasteiger partial charge in [-0.25, -0.2) is 0 Å². The molecule has 1 aromatic heterocycles. The minimum absolute atomic E-state index is 0.0476. The molecule has 6 nitrogen and oxygen atoms in total. The molecule has 1 fully saturated rings. The summed E-state index contributed by atoms with van der Waals surface area (Å²) >= 11 is 0. The van der Waals surface area contributed by atoms with Gasteiger partial charge in [-0.15, -0.1) is 0 Å². The molecule has 5 rings (SSSR count). The summed E-state index contributed by atoms with van der Waals surface area (Å²) in [7, 11) is 0. The van der Waals surface area contributed by atoms with Crippen LogP contribution < -0.4 is 0 Å². The minimum Gasteiger partial charge on any atom is -0.374 e. The van der Waals surface area contributed by atoms with Crippen LogP contribution in [0.25, 0.3) is 0 Å². The summed E-state index contributed by atoms with van der Waals surface area (Å²) in [4.78, 5) is 41.1. The predicted octanol–water partition coefficient (Wildman–Crippen LogP) is 4.19. The summed E-state index contributed by atoms with van der Waals surface area (Å²) in [5.41, 5.74) is 3.57. The van der Waals surface area contributed by atoms with E-state index < -0.39 is 0 Å². The summed E-state index contributed by atoms with van der Waals surface area (Å²) in [6.07, 6.45) is 5.74. The van der Waals surface area contributed by atoms with Crippen molar-refractivity contribution in [2.24, 2.45) is 0 Å². The first-order valence-electron chi connectivity index (χ1n) is 11.7. The molecule has 2 aliphatic carbocycles. The maximum atomic E-state index is 13.3. The Bertz CT molecular complexity index is 1080. The van der Waals surface area contributed by atoms with E-state index in [1.54, 1.807) is 0 Å². The second-order valence-electron chi connectivity index (χ2n) is 9.08. The average Bonchev–Trinajstić information content (AvgIpc) is 3.48. The maximum absolute atomic E-state index is 13.3. The van der Waals surface area contributed by atoms with Gasteiger partial charge in [0.2, 0.25) is 0 Å². The van der Waals surface area contributed by atoms with Crippen LogP contribution >= 0.6 is 0 Å². The van der Waals surface area contributed by atoms with Crippen LogP contribution in [0, 0.1) is 0 Å². The van der Waals surface area contributed by atoms with Crippen molar-refractivity contribution >= 4 is 17.3 Å². The first-order valence-corrected chi connectivity index (χ1v) is 11.7. The molecule has 1 atom stereocenters. The van der Waals surface area contributed by atoms with E-state index in [2.05, 4.69) is 22.2 Å². The van der Waals surface area contributed by atoms with Gasteiger partial charge in [0, 0.05) is 50.9 Å². The average molecular weight is 433 g/mol. The molecule has 0 saturated carbocycles. The fraction of sp³-hybridized carbons (Fsp3) is 0.462. The highest BCUT2D eigenvalue weighted by Gasteiger charge is 2.35. The van der Waals surface area contributed by atoms with Gasteiger partial charge >= 0.3 is 0 Å². The van der Waals surface area contributed by atoms with Gasteiger partial charge in [0.15, 0.2) is 17.3 Å². The molecule has 1 aliphatic heterocycles. The number of carbonyl (C=O) groups is 3. The molecule has 2 heterocycles. The van der Waals surface area contributed by atoms with Crippen molar-refractivity contribution in [2.45, 2.75) is 63.7 Å². The SMILES string of the molecule is O=C(CCc1noc2c1C(=O)CCC2)C1=C(N2CCCC2)CC(c2ccccc2)CC1=O. The standard InChI is InChI=1S/C26H28N2O4/c29-21-9-6-10-24-25(21)19(27-32-24)11-12-22(30)26-20(28-13-4-5-14-28)15-18(16-23(26)31)17-7-2-1-3-8-17/h1-3,7-8,18H,4-6,9-16H2. The largest absolute Gasteiger partial charge is 0.374 e. The Morgan fingerprint density at radius 1 is 1.00 bits per heavy atom. The summed E-state index contributed by atoms with van der Waals surface area (Å²) < 4.78 is 5.35. The topological polar surface area (TPSA) is 80.5 Å². The van der Waals surface area contributed by atoms with E-state index >= 15 is 0 Å². The number of carbonyl (C=O) groups excluding carboxylic acids is 3. The Labute approximate surface area is 187 Å². The number of likely N-dealkylation sites (tertiary alicyclic amines) is 1. The number of ketones is 3. The van der Waals surface area contributed by atoms with E-state index in [0.717, 1.165) is 43.6 Å². The van der Waals surface area contributed by atoms with Gasteiger partial charge in [-0.2, -0.15) is 0 Å². The summed E-state index contributed by atoms with van der Waals surface area (Å²) in [6, 6.07) is 10.1. The summed E-state index contributed by atoms with van der Waals surface area (Å²) in [6.45, 7) is 1.79. The molecule has 0 spiro atoms. The molecule has 166 valence electrons. The number of Topliss-reactive ketones (excluding diaryl/α,β-unsaturated/α-hetero) is 3. The third kappa shape index (κ3) is 3.94. The highest BCUT2D eigenvalue weighted by Crippen LogP contribution is 2.38. The van der Waals surface area contributed by atoms with Crippen molar-refractivity contribution in [3.63, 3.8) is 0 Å². The van der Waals surface area contributed by atoms with Gasteiger partial charge in [0.05, 0.1) is 16.8 Å². The van der Waals surface area contributed by atoms with E-state index in [0.29, 0.717) is 54.7 Å². The molecule has 6 heteroatoms. The lowest BCUT2D eigenvalue weighted by Gasteiger charge is -2.32. The molecular weight excluding hydrogens is 404 g/mol. The number of allylic oxidation sites excluding steroid dienone is 2. The van der Waals surface area contributed by atoms with E-state index in [1.165, 1.54) is 0 Å². The van der Waals surface area contributed by atoms with E-state index in [4.69, 9.17) is 4.52 Å². The van der Waals surface area contributed by atoms with Crippen molar-refractivity contribution in [3.8, 4) is 0 Å². The molecule has 0 radical (unpaired) electrons. The Morgan fingerprint density at radius 2 is 1.78 bits per heavy atom. The fourth-order valence-electron chi connectivity index (χ4n) is 5.36. The molecule has 0 bridgehead atoms. The summed E-state index contributed by atoms with van der Waals surface area (Å²) in [5.74, 6) is 0.598. The highest BCUT2D eigenvalue weighted by atomic mass is 16.5. The number of fused-ring (bicyclic) bond motifs is 1. The lowest BCUT2D eigenvalue weighted by Crippen LogP contribution is -2.32. The van der Waals surface area contributed by atoms with Gasteiger partial charge < -0.3 is 9.42 Å². The lowest BCUT2D eigenvalue weighted by molar-refractivity contribution is -0.122. The molecule has 1 unspecified atom stereocenters. The van der Waals surface area contributed by atoms with Crippen LogP contribution in [-0.4, -0.2) is 40.5 Å². The van der Waals surface area contributed by atoms with Crippen LogP contribution in [0.4, 0.5) is 0 Å². The number of hydrogen-bond donors (Lipinski definition) is 0. The second-order valence-corrected chi connectivity index (χ2v) is 9.08. The fourth-order valence-corrected chi connectivity index (χ4v) is 5.36. The van der Waals surface area contributed by atoms with Crippen LogP contribution in [0.5, 0.6) is 0 Å². The van der Waals surface area contributed by atoms with Crippen molar-refractivity contribution in [1.29, 1.82) is 0 Å². The Morgan fingerprint density at radius 3 is 2.56 bits per heavy atom. The number of aryl methyl sites for hydroxylation is 2. The molecule has 1 saturated heterocycles. The van der Waals surface area contributed by atoms with Gasteiger partial charge in [-0.3, -0.25) is 14.4 Å². The van der Waals surface area contributed by atoms with Crippen LogP contribution in [0.3, 0.4) is 0 Å². The van der Waals surface area contributed by atoms with Crippen LogP contribution in [0.1, 0.15) is 78.2 Å². The molecule has 32 heavy (non-hydrogen) atoms. The van der Waals surface area contributed by atoms with Gasteiger partial charge in [0.1, 0.15) is 5.76 Å². The Hall–Kier alpha value is -3.02. The molecule has 0 N–H and O–H groups in total. The van der Waals surface area contributed by atoms with Crippen molar-refractivity contribution < 1.29 is 18.9 Å². The van der Waals surface area contributed by atoms with Gasteiger partial charge in [-0.05, 0) is 37.2 Å². The van der Waals surface area contributed by atoms with Crippen LogP contribution in [-0.2, 0) is 22.4 Å². The number of benzene rings is 1. The number of hydrogen-bond acceptors (Lipinski definition) is 6. The van der Waals surface area contributed by atoms with Crippen molar-refractivity contribution in [2.75, 3.05) is 13.1 Å². The van der Waals surface area contributed by atoms with E-state index in [-0.39, 0.29) is 29.7 Å². The predicted molar refractivity (Wildman–Crippen MR) is 118 cm³/mol. The third-order valence-electron chi connectivity index (χ3n) is 6.99. The second kappa shape index (κ2) is 8.85. The van der Waals surface area contributed by atoms with E-state index in [1.807, 2.05) is 18.2 Å². The quantitative estimate of drug-likeness (QED) is 0.637. The maximum Gasteiger partial charge on any atom is 0.168 e. The monoisotopic (exact) mass is 432 g/mol. The van der Waals surface area contributed by atoms with E-state index in [9.17, 15) is 14.4 Å². The lowest BCUT2D eigenvalue weighted by atomic mass is 9.79. The zero-order valence-corrected chi connectivity index (χ0v) is 18.3. The molecule has 3 aliphatic rings. The van der Waals surface area contributed by atoms with Crippen LogP contribution in [0.15, 0.2) is 46.1 Å². The van der Waals surface area contributed by atoms with Crippen molar-refractivity contribution in [3.05, 3.63) is 64.2 Å². The zero-order valence-electron chi connectivity index (χ0n) is 18.3. The summed E-state index contributed by atoms with van der Waals surface area (Å²) in [5, 5.41) is 4.07. The Balaban J connectivity index is 1.39.